The van der Waals surface area contributed by atoms with Gasteiger partial charge in [0.2, 0.25) is 0 Å². The van der Waals surface area contributed by atoms with Crippen molar-refractivity contribution in [3.05, 3.63) is 54.5 Å². The molecule has 18 heavy (non-hydrogen) atoms. The summed E-state index contributed by atoms with van der Waals surface area (Å²) < 4.78 is 5.28. The van der Waals surface area contributed by atoms with E-state index in [4.69, 9.17) is 4.42 Å². The minimum Gasteiger partial charge on any atom is -0.468 e. The Morgan fingerprint density at radius 3 is 2.61 bits per heavy atom. The third kappa shape index (κ3) is 3.37. The lowest BCUT2D eigenvalue weighted by Gasteiger charge is -2.27. The quantitative estimate of drug-likeness (QED) is 0.847. The van der Waals surface area contributed by atoms with Gasteiger partial charge >= 0.3 is 0 Å². The molecule has 1 aromatic heterocycles. The molecular formula is C15H20N2O. The molecule has 1 heterocycles. The number of para-hydroxylation sites is 1. The second-order valence-electron chi connectivity index (χ2n) is 4.51. The van der Waals surface area contributed by atoms with Gasteiger partial charge in [0.05, 0.1) is 12.8 Å². The van der Waals surface area contributed by atoms with Crippen LogP contribution in [-0.4, -0.2) is 19.6 Å². The highest BCUT2D eigenvalue weighted by molar-refractivity contribution is 5.45. The maximum atomic E-state index is 5.28. The van der Waals surface area contributed by atoms with Gasteiger partial charge in [-0.2, -0.15) is 0 Å². The second-order valence-corrected chi connectivity index (χ2v) is 4.51. The monoisotopic (exact) mass is 244 g/mol. The van der Waals surface area contributed by atoms with Crippen LogP contribution in [0.2, 0.25) is 0 Å². The third-order valence-electron chi connectivity index (χ3n) is 3.14. The van der Waals surface area contributed by atoms with Crippen molar-refractivity contribution in [3.8, 4) is 0 Å². The highest BCUT2D eigenvalue weighted by Gasteiger charge is 2.09. The summed E-state index contributed by atoms with van der Waals surface area (Å²) in [6.45, 7) is 3.91. The molecule has 0 aliphatic rings. The molecule has 0 amide bonds. The first-order chi connectivity index (χ1) is 8.77. The van der Waals surface area contributed by atoms with Crippen molar-refractivity contribution in [2.75, 3.05) is 18.5 Å². The standard InChI is InChI=1S/C15H20N2O/c1-13(11-16-12-15-9-6-10-18-15)17(2)14-7-4-3-5-8-14/h3-10,13,16H,11-12H2,1-2H3. The van der Waals surface area contributed by atoms with Gasteiger partial charge in [-0.15, -0.1) is 0 Å². The first-order valence-electron chi connectivity index (χ1n) is 6.28. The van der Waals surface area contributed by atoms with E-state index < -0.39 is 0 Å². The van der Waals surface area contributed by atoms with Crippen LogP contribution in [0.1, 0.15) is 12.7 Å². The molecule has 96 valence electrons. The lowest BCUT2D eigenvalue weighted by atomic mass is 10.2. The fraction of sp³-hybridized carbons (Fsp3) is 0.333. The largest absolute Gasteiger partial charge is 0.468 e. The number of hydrogen-bond acceptors (Lipinski definition) is 3. The number of anilines is 1. The summed E-state index contributed by atoms with van der Waals surface area (Å²) in [5.41, 5.74) is 1.24. The topological polar surface area (TPSA) is 28.4 Å². The normalized spacial score (nSPS) is 12.3. The summed E-state index contributed by atoms with van der Waals surface area (Å²) >= 11 is 0. The number of nitrogens with one attached hydrogen (secondary N) is 1. The maximum Gasteiger partial charge on any atom is 0.117 e. The first-order valence-corrected chi connectivity index (χ1v) is 6.28. The van der Waals surface area contributed by atoms with Crippen LogP contribution in [0.25, 0.3) is 0 Å². The SMILES string of the molecule is CC(CNCc1ccco1)N(C)c1ccccc1. The van der Waals surface area contributed by atoms with Crippen LogP contribution < -0.4 is 10.2 Å². The fourth-order valence-electron chi connectivity index (χ4n) is 1.87. The molecule has 0 fully saturated rings. The van der Waals surface area contributed by atoms with Crippen LogP contribution in [0.15, 0.2) is 53.1 Å². The van der Waals surface area contributed by atoms with Crippen molar-refractivity contribution >= 4 is 5.69 Å². The molecule has 2 rings (SSSR count). The molecular weight excluding hydrogens is 224 g/mol. The van der Waals surface area contributed by atoms with Crippen LogP contribution in [0, 0.1) is 0 Å². The Hall–Kier alpha value is -1.74. The number of rotatable bonds is 6. The number of likely N-dealkylation sites (N-methyl/N-ethyl adjacent to an activating group) is 1. The molecule has 0 aliphatic heterocycles. The average Bonchev–Trinajstić information content (AvgIpc) is 2.92. The van der Waals surface area contributed by atoms with E-state index in [1.165, 1.54) is 5.69 Å². The van der Waals surface area contributed by atoms with Gasteiger partial charge in [0.25, 0.3) is 0 Å². The smallest absolute Gasteiger partial charge is 0.117 e. The number of nitrogens with zero attached hydrogens (tertiary/aromatic N) is 1. The van der Waals surface area contributed by atoms with Crippen molar-refractivity contribution in [1.82, 2.24) is 5.32 Å². The number of benzene rings is 1. The Kier molecular flexibility index (Phi) is 4.42. The van der Waals surface area contributed by atoms with Crippen molar-refractivity contribution in [2.24, 2.45) is 0 Å². The Bertz CT molecular complexity index is 439. The van der Waals surface area contributed by atoms with E-state index in [0.29, 0.717) is 6.04 Å². The summed E-state index contributed by atoms with van der Waals surface area (Å²) in [4.78, 5) is 2.27. The molecule has 3 nitrogen and oxygen atoms in total. The second kappa shape index (κ2) is 6.26. The zero-order chi connectivity index (χ0) is 12.8. The van der Waals surface area contributed by atoms with Crippen LogP contribution in [-0.2, 0) is 6.54 Å². The van der Waals surface area contributed by atoms with Gasteiger partial charge in [0.15, 0.2) is 0 Å². The van der Waals surface area contributed by atoms with Crippen molar-refractivity contribution < 1.29 is 4.42 Å². The lowest BCUT2D eigenvalue weighted by Crippen LogP contribution is -2.37. The van der Waals surface area contributed by atoms with E-state index in [9.17, 15) is 0 Å². The van der Waals surface area contributed by atoms with Gasteiger partial charge in [-0.1, -0.05) is 18.2 Å². The van der Waals surface area contributed by atoms with E-state index in [2.05, 4.69) is 48.5 Å². The highest BCUT2D eigenvalue weighted by atomic mass is 16.3. The number of hydrogen-bond donors (Lipinski definition) is 1. The summed E-state index contributed by atoms with van der Waals surface area (Å²) in [5, 5.41) is 3.40. The van der Waals surface area contributed by atoms with Gasteiger partial charge in [0, 0.05) is 25.3 Å². The molecule has 0 radical (unpaired) electrons. The highest BCUT2D eigenvalue weighted by Crippen LogP contribution is 2.13. The van der Waals surface area contributed by atoms with Gasteiger partial charge in [-0.25, -0.2) is 0 Å². The lowest BCUT2D eigenvalue weighted by molar-refractivity contribution is 0.473. The molecule has 0 spiro atoms. The molecule has 0 saturated heterocycles. The number of furan rings is 1. The maximum absolute atomic E-state index is 5.28. The van der Waals surface area contributed by atoms with Crippen molar-refractivity contribution in [3.63, 3.8) is 0 Å². The molecule has 2 aromatic rings. The van der Waals surface area contributed by atoms with Gasteiger partial charge in [-0.3, -0.25) is 0 Å². The van der Waals surface area contributed by atoms with Crippen molar-refractivity contribution in [2.45, 2.75) is 19.5 Å². The molecule has 0 aliphatic carbocycles. The van der Waals surface area contributed by atoms with Gasteiger partial charge in [-0.05, 0) is 31.2 Å². The van der Waals surface area contributed by atoms with E-state index in [1.54, 1.807) is 6.26 Å². The fourth-order valence-corrected chi connectivity index (χ4v) is 1.87. The van der Waals surface area contributed by atoms with Crippen LogP contribution >= 0.6 is 0 Å². The zero-order valence-electron chi connectivity index (χ0n) is 11.0. The summed E-state index contributed by atoms with van der Waals surface area (Å²) in [6.07, 6.45) is 1.70. The Morgan fingerprint density at radius 2 is 1.94 bits per heavy atom. The van der Waals surface area contributed by atoms with Gasteiger partial charge in [0.1, 0.15) is 5.76 Å². The Balaban J connectivity index is 1.79. The first kappa shape index (κ1) is 12.7. The van der Waals surface area contributed by atoms with Crippen LogP contribution in [0.4, 0.5) is 5.69 Å². The van der Waals surface area contributed by atoms with E-state index in [1.807, 2.05) is 18.2 Å². The predicted molar refractivity (Wildman–Crippen MR) is 74.7 cm³/mol. The molecule has 3 heteroatoms. The predicted octanol–water partition coefficient (Wildman–Crippen LogP) is 2.89. The van der Waals surface area contributed by atoms with E-state index in [0.717, 1.165) is 18.8 Å². The summed E-state index contributed by atoms with van der Waals surface area (Å²) in [6, 6.07) is 14.8. The van der Waals surface area contributed by atoms with Gasteiger partial charge < -0.3 is 14.6 Å². The van der Waals surface area contributed by atoms with Crippen LogP contribution in [0.3, 0.4) is 0 Å². The molecule has 0 bridgehead atoms. The minimum atomic E-state index is 0.433. The minimum absolute atomic E-state index is 0.433. The molecule has 1 aromatic carbocycles. The van der Waals surface area contributed by atoms with Crippen LogP contribution in [0.5, 0.6) is 0 Å². The molecule has 1 unspecified atom stereocenters. The Labute approximate surface area is 108 Å². The molecule has 1 atom stereocenters. The van der Waals surface area contributed by atoms with Crippen molar-refractivity contribution in [1.29, 1.82) is 0 Å². The van der Waals surface area contributed by atoms with E-state index in [-0.39, 0.29) is 0 Å². The van der Waals surface area contributed by atoms with E-state index >= 15 is 0 Å². The molecule has 0 saturated carbocycles. The Morgan fingerprint density at radius 1 is 1.17 bits per heavy atom. The molecule has 1 N–H and O–H groups in total. The summed E-state index contributed by atoms with van der Waals surface area (Å²) in [7, 11) is 2.12. The summed E-state index contributed by atoms with van der Waals surface area (Å²) in [5.74, 6) is 0.976. The zero-order valence-corrected chi connectivity index (χ0v) is 11.0. The average molecular weight is 244 g/mol. The third-order valence-corrected chi connectivity index (χ3v) is 3.14.